The highest BCUT2D eigenvalue weighted by Gasteiger charge is 2.17. The monoisotopic (exact) mass is 373 g/mol. The molecule has 0 radical (unpaired) electrons. The van der Waals surface area contributed by atoms with Gasteiger partial charge in [0.15, 0.2) is 0 Å². The number of anilines is 1. The molecule has 2 aromatic carbocycles. The predicted octanol–water partition coefficient (Wildman–Crippen LogP) is 2.12. The number of carbonyl (C=O) groups is 2. The molecule has 0 fully saturated rings. The molecule has 0 atom stereocenters. The van der Waals surface area contributed by atoms with Gasteiger partial charge in [0, 0.05) is 31.5 Å². The lowest BCUT2D eigenvalue weighted by molar-refractivity contribution is -0.384. The molecule has 2 N–H and O–H groups in total. The lowest BCUT2D eigenvalue weighted by Gasteiger charge is -2.10. The van der Waals surface area contributed by atoms with Crippen LogP contribution < -0.4 is 15.4 Å². The Kier molecular flexibility index (Phi) is 6.84. The average Bonchev–Trinajstić information content (AvgIpc) is 2.66. The number of non-ortho nitro benzene ring substituents is 1. The van der Waals surface area contributed by atoms with Crippen molar-refractivity contribution in [2.75, 3.05) is 26.1 Å². The third-order valence-corrected chi connectivity index (χ3v) is 3.58. The summed E-state index contributed by atoms with van der Waals surface area (Å²) in [6, 6.07) is 10.7. The molecule has 9 heteroatoms. The second kappa shape index (κ2) is 9.30. The molecule has 0 spiro atoms. The van der Waals surface area contributed by atoms with Crippen molar-refractivity contribution in [3.05, 3.63) is 63.7 Å². The number of rotatable bonds is 8. The van der Waals surface area contributed by atoms with Crippen LogP contribution in [0.1, 0.15) is 15.9 Å². The van der Waals surface area contributed by atoms with Gasteiger partial charge in [0.25, 0.3) is 11.6 Å². The number of carbonyl (C=O) groups excluding carboxylic acids is 2. The maximum Gasteiger partial charge on any atom is 0.270 e. The lowest BCUT2D eigenvalue weighted by Crippen LogP contribution is -2.23. The number of hydrogen-bond acceptors (Lipinski definition) is 6. The Morgan fingerprint density at radius 2 is 1.93 bits per heavy atom. The van der Waals surface area contributed by atoms with E-state index in [0.717, 1.165) is 11.6 Å². The summed E-state index contributed by atoms with van der Waals surface area (Å²) in [7, 11) is 2.80. The molecule has 2 amide bonds. The number of nitrogens with zero attached hydrogens (tertiary/aromatic N) is 1. The van der Waals surface area contributed by atoms with Crippen LogP contribution in [0.2, 0.25) is 0 Å². The van der Waals surface area contributed by atoms with Crippen LogP contribution in [0.5, 0.6) is 5.75 Å². The smallest absolute Gasteiger partial charge is 0.270 e. The van der Waals surface area contributed by atoms with Gasteiger partial charge in [0.1, 0.15) is 12.4 Å². The van der Waals surface area contributed by atoms with Crippen LogP contribution in [0.4, 0.5) is 11.4 Å². The number of benzene rings is 2. The van der Waals surface area contributed by atoms with Gasteiger partial charge in [0.2, 0.25) is 5.91 Å². The molecule has 0 heterocycles. The maximum atomic E-state index is 12.4. The van der Waals surface area contributed by atoms with E-state index in [2.05, 4.69) is 10.6 Å². The topological polar surface area (TPSA) is 120 Å². The van der Waals surface area contributed by atoms with E-state index in [1.165, 1.54) is 26.4 Å². The van der Waals surface area contributed by atoms with Gasteiger partial charge in [-0.25, -0.2) is 0 Å². The molecule has 27 heavy (non-hydrogen) atoms. The molecule has 0 aliphatic carbocycles. The fourth-order valence-corrected chi connectivity index (χ4v) is 2.35. The second-order valence-electron chi connectivity index (χ2n) is 5.51. The van der Waals surface area contributed by atoms with Crippen molar-refractivity contribution in [2.24, 2.45) is 0 Å². The van der Waals surface area contributed by atoms with Gasteiger partial charge in [-0.1, -0.05) is 12.1 Å². The summed E-state index contributed by atoms with van der Waals surface area (Å²) in [5, 5.41) is 16.3. The molecule has 0 saturated carbocycles. The molecular formula is C18H19N3O6. The van der Waals surface area contributed by atoms with Crippen molar-refractivity contribution < 1.29 is 24.0 Å². The van der Waals surface area contributed by atoms with E-state index in [-0.39, 0.29) is 36.1 Å². The van der Waals surface area contributed by atoms with Crippen LogP contribution in [0.25, 0.3) is 0 Å². The van der Waals surface area contributed by atoms with E-state index in [1.807, 2.05) is 0 Å². The van der Waals surface area contributed by atoms with E-state index >= 15 is 0 Å². The van der Waals surface area contributed by atoms with Gasteiger partial charge in [-0.15, -0.1) is 0 Å². The standard InChI is InChI=1S/C18H19N3O6/c1-26-11-17(22)20-13-5-3-4-12(8-13)10-19-18(23)15-9-14(21(24)25)6-7-16(15)27-2/h3-9H,10-11H2,1-2H3,(H,19,23)(H,20,22). The summed E-state index contributed by atoms with van der Waals surface area (Å²) in [6.45, 7) is 0.103. The number of amides is 2. The number of nitrogens with one attached hydrogen (secondary N) is 2. The molecule has 0 bridgehead atoms. The maximum absolute atomic E-state index is 12.4. The van der Waals surface area contributed by atoms with Crippen molar-refractivity contribution in [1.29, 1.82) is 0 Å². The summed E-state index contributed by atoms with van der Waals surface area (Å²) in [4.78, 5) is 34.3. The number of nitro benzene ring substituents is 1. The van der Waals surface area contributed by atoms with Gasteiger partial charge in [-0.2, -0.15) is 0 Å². The molecule has 2 aromatic rings. The summed E-state index contributed by atoms with van der Waals surface area (Å²) in [5.41, 5.74) is 1.17. The minimum absolute atomic E-state index is 0.0620. The number of nitro groups is 1. The first-order chi connectivity index (χ1) is 12.9. The fraction of sp³-hybridized carbons (Fsp3) is 0.222. The number of ether oxygens (including phenoxy) is 2. The minimum atomic E-state index is -0.581. The summed E-state index contributed by atoms with van der Waals surface area (Å²) >= 11 is 0. The Labute approximate surface area is 155 Å². The summed E-state index contributed by atoms with van der Waals surface area (Å²) < 4.78 is 9.85. The Hall–Kier alpha value is -3.46. The van der Waals surface area contributed by atoms with Crippen LogP contribution >= 0.6 is 0 Å². The van der Waals surface area contributed by atoms with E-state index in [4.69, 9.17) is 9.47 Å². The summed E-state index contributed by atoms with van der Waals surface area (Å²) in [5.74, 6) is -0.567. The Bertz CT molecular complexity index is 853. The van der Waals surface area contributed by atoms with E-state index in [1.54, 1.807) is 24.3 Å². The first-order valence-electron chi connectivity index (χ1n) is 7.93. The highest BCUT2D eigenvalue weighted by Crippen LogP contribution is 2.24. The van der Waals surface area contributed by atoms with Crippen molar-refractivity contribution in [1.82, 2.24) is 5.32 Å². The molecular weight excluding hydrogens is 354 g/mol. The predicted molar refractivity (Wildman–Crippen MR) is 97.8 cm³/mol. The molecule has 0 aliphatic heterocycles. The Morgan fingerprint density at radius 3 is 2.59 bits per heavy atom. The van der Waals surface area contributed by atoms with Gasteiger partial charge in [-0.3, -0.25) is 19.7 Å². The largest absolute Gasteiger partial charge is 0.496 e. The molecule has 0 unspecified atom stereocenters. The summed E-state index contributed by atoms with van der Waals surface area (Å²) in [6.07, 6.45) is 0. The van der Waals surface area contributed by atoms with Crippen molar-refractivity contribution in [3.63, 3.8) is 0 Å². The van der Waals surface area contributed by atoms with E-state index in [9.17, 15) is 19.7 Å². The van der Waals surface area contributed by atoms with Crippen LogP contribution in [0, 0.1) is 10.1 Å². The fourth-order valence-electron chi connectivity index (χ4n) is 2.35. The van der Waals surface area contributed by atoms with Crippen molar-refractivity contribution in [3.8, 4) is 5.75 Å². The number of hydrogen-bond donors (Lipinski definition) is 2. The van der Waals surface area contributed by atoms with Gasteiger partial charge in [-0.05, 0) is 23.8 Å². The minimum Gasteiger partial charge on any atom is -0.496 e. The van der Waals surface area contributed by atoms with E-state index in [0.29, 0.717) is 5.69 Å². The normalized spacial score (nSPS) is 10.1. The van der Waals surface area contributed by atoms with Gasteiger partial charge < -0.3 is 20.1 Å². The molecule has 2 rings (SSSR count). The third-order valence-electron chi connectivity index (χ3n) is 3.58. The SMILES string of the molecule is COCC(=O)Nc1cccc(CNC(=O)c2cc([N+](=O)[O-])ccc2OC)c1. The average molecular weight is 373 g/mol. The Balaban J connectivity index is 2.08. The van der Waals surface area contributed by atoms with E-state index < -0.39 is 10.8 Å². The highest BCUT2D eigenvalue weighted by atomic mass is 16.6. The zero-order valence-corrected chi connectivity index (χ0v) is 14.9. The highest BCUT2D eigenvalue weighted by molar-refractivity contribution is 5.97. The molecule has 9 nitrogen and oxygen atoms in total. The first kappa shape index (κ1) is 19.9. The van der Waals surface area contributed by atoms with Crippen LogP contribution in [0.3, 0.4) is 0 Å². The molecule has 0 saturated heterocycles. The van der Waals surface area contributed by atoms with Crippen LogP contribution in [-0.2, 0) is 16.1 Å². The van der Waals surface area contributed by atoms with Crippen molar-refractivity contribution in [2.45, 2.75) is 6.54 Å². The lowest BCUT2D eigenvalue weighted by atomic mass is 10.1. The molecule has 0 aliphatic rings. The Morgan fingerprint density at radius 1 is 1.15 bits per heavy atom. The van der Waals surface area contributed by atoms with Gasteiger partial charge in [0.05, 0.1) is 17.6 Å². The first-order valence-corrected chi connectivity index (χ1v) is 7.93. The molecule has 0 aromatic heterocycles. The molecule has 142 valence electrons. The third kappa shape index (κ3) is 5.51. The van der Waals surface area contributed by atoms with Crippen LogP contribution in [-0.4, -0.2) is 37.6 Å². The second-order valence-corrected chi connectivity index (χ2v) is 5.51. The van der Waals surface area contributed by atoms with Crippen LogP contribution in [0.15, 0.2) is 42.5 Å². The van der Waals surface area contributed by atoms with Crippen molar-refractivity contribution >= 4 is 23.2 Å². The number of methoxy groups -OCH3 is 2. The zero-order valence-electron chi connectivity index (χ0n) is 14.9. The quantitative estimate of drug-likeness (QED) is 0.540. The zero-order chi connectivity index (χ0) is 19.8. The van der Waals surface area contributed by atoms with Gasteiger partial charge >= 0.3 is 0 Å².